The third-order valence-corrected chi connectivity index (χ3v) is 2.55. The molecule has 2 rings (SSSR count). The zero-order chi connectivity index (χ0) is 11.7. The summed E-state index contributed by atoms with van der Waals surface area (Å²) in [6, 6.07) is 1.48. The van der Waals surface area contributed by atoms with Crippen molar-refractivity contribution in [3.05, 3.63) is 22.7 Å². The van der Waals surface area contributed by atoms with E-state index in [4.69, 9.17) is 15.6 Å². The zero-order valence-corrected chi connectivity index (χ0v) is 11.1. The third-order valence-electron chi connectivity index (χ3n) is 2.55. The molecule has 8 heteroatoms. The van der Waals surface area contributed by atoms with Crippen molar-refractivity contribution in [3.8, 4) is 0 Å². The van der Waals surface area contributed by atoms with Crippen LogP contribution in [0.25, 0.3) is 0 Å². The molecule has 0 spiro atoms. The van der Waals surface area contributed by atoms with Gasteiger partial charge in [0.1, 0.15) is 18.1 Å². The fraction of sp³-hybridized carbons (Fsp3) is 0.556. The maximum absolute atomic E-state index is 11.5. The predicted octanol–water partition coefficient (Wildman–Crippen LogP) is -1.54. The number of nitrogen functional groups attached to an aromatic ring is 1. The Morgan fingerprint density at radius 3 is 2.88 bits per heavy atom. The number of aliphatic hydroxyl groups is 2. The first-order chi connectivity index (χ1) is 7.61. The first kappa shape index (κ1) is 14.3. The topological polar surface area (TPSA) is 111 Å². The van der Waals surface area contributed by atoms with Crippen molar-refractivity contribution in [2.75, 3.05) is 12.3 Å². The summed E-state index contributed by atoms with van der Waals surface area (Å²) in [5.74, 6) is 0.138. The number of nitrogens with zero attached hydrogens (tertiary/aromatic N) is 2. The van der Waals surface area contributed by atoms with E-state index in [-0.39, 0.29) is 39.9 Å². The van der Waals surface area contributed by atoms with E-state index in [0.29, 0.717) is 0 Å². The number of ether oxygens (including phenoxy) is 1. The van der Waals surface area contributed by atoms with Crippen LogP contribution < -0.4 is 11.4 Å². The van der Waals surface area contributed by atoms with E-state index in [2.05, 4.69) is 4.98 Å². The van der Waals surface area contributed by atoms with Crippen molar-refractivity contribution in [1.29, 1.82) is 0 Å². The van der Waals surface area contributed by atoms with Gasteiger partial charge in [-0.05, 0) is 6.07 Å². The molecular weight excluding hydrogens is 409 g/mol. The van der Waals surface area contributed by atoms with Crippen LogP contribution in [-0.4, -0.2) is 38.6 Å². The maximum Gasteiger partial charge on any atom is 0.351 e. The minimum atomic E-state index is -0.778. The van der Waals surface area contributed by atoms with Gasteiger partial charge in [-0.1, -0.05) is 0 Å². The number of nitrogens with two attached hydrogens (primary N) is 1. The molecule has 1 fully saturated rings. The molecule has 0 bridgehead atoms. The molecule has 0 aliphatic carbocycles. The van der Waals surface area contributed by atoms with Crippen molar-refractivity contribution in [1.82, 2.24) is 9.55 Å². The Bertz CT molecular complexity index is 438. The van der Waals surface area contributed by atoms with Crippen LogP contribution in [0, 0.1) is 0 Å². The Labute approximate surface area is 111 Å². The molecule has 2 heterocycles. The van der Waals surface area contributed by atoms with Gasteiger partial charge in [0.15, 0.2) is 0 Å². The SMILES string of the molecule is Nc1ccn([C@H]2C[C@H](O)[C@@H](CO)O2)c(=O)n1.[Pt]. The summed E-state index contributed by atoms with van der Waals surface area (Å²) in [5, 5.41) is 18.4. The molecule has 0 aromatic carbocycles. The summed E-state index contributed by atoms with van der Waals surface area (Å²) >= 11 is 0. The van der Waals surface area contributed by atoms with Crippen molar-refractivity contribution in [2.24, 2.45) is 0 Å². The molecule has 3 atom stereocenters. The number of anilines is 1. The normalized spacial score (nSPS) is 27.8. The predicted molar refractivity (Wildman–Crippen MR) is 54.5 cm³/mol. The molecule has 1 aromatic rings. The van der Waals surface area contributed by atoms with Crippen LogP contribution in [0.5, 0.6) is 0 Å². The Kier molecular flexibility index (Phi) is 4.82. The first-order valence-electron chi connectivity index (χ1n) is 4.91. The minimum Gasteiger partial charge on any atom is -0.394 e. The van der Waals surface area contributed by atoms with Gasteiger partial charge in [-0.2, -0.15) is 4.98 Å². The maximum atomic E-state index is 11.5. The number of aromatic nitrogens is 2. The standard InChI is InChI=1S/C9H13N3O4.Pt/c10-7-1-2-12(9(15)11-7)8-3-5(14)6(4-13)16-8;/h1-2,5-6,8,13-14H,3-4H2,(H2,10,11,15);/t5-,6+,8+;/m0./s1. The molecule has 1 aliphatic heterocycles. The molecular formula is C9H13N3O4Pt. The van der Waals surface area contributed by atoms with Gasteiger partial charge >= 0.3 is 5.69 Å². The van der Waals surface area contributed by atoms with Gasteiger partial charge in [-0.3, -0.25) is 4.57 Å². The molecule has 7 nitrogen and oxygen atoms in total. The van der Waals surface area contributed by atoms with Gasteiger partial charge in [0, 0.05) is 33.7 Å². The van der Waals surface area contributed by atoms with Crippen LogP contribution in [0.4, 0.5) is 5.82 Å². The van der Waals surface area contributed by atoms with E-state index in [1.165, 1.54) is 16.8 Å². The van der Waals surface area contributed by atoms with Crippen LogP contribution in [0.15, 0.2) is 17.1 Å². The van der Waals surface area contributed by atoms with Crippen molar-refractivity contribution in [3.63, 3.8) is 0 Å². The summed E-state index contributed by atoms with van der Waals surface area (Å²) in [7, 11) is 0. The Hall–Kier alpha value is -0.752. The number of hydrogen-bond donors (Lipinski definition) is 3. The van der Waals surface area contributed by atoms with E-state index in [1.807, 2.05) is 0 Å². The minimum absolute atomic E-state index is 0. The van der Waals surface area contributed by atoms with Crippen LogP contribution in [-0.2, 0) is 25.8 Å². The summed E-state index contributed by atoms with van der Waals surface area (Å²) in [4.78, 5) is 15.0. The quantitative estimate of drug-likeness (QED) is 0.533. The molecule has 1 aromatic heterocycles. The van der Waals surface area contributed by atoms with E-state index in [1.54, 1.807) is 0 Å². The second-order valence-electron chi connectivity index (χ2n) is 3.66. The summed E-state index contributed by atoms with van der Waals surface area (Å²) < 4.78 is 6.56. The molecule has 0 radical (unpaired) electrons. The summed E-state index contributed by atoms with van der Waals surface area (Å²) in [6.45, 7) is -0.283. The largest absolute Gasteiger partial charge is 0.394 e. The van der Waals surface area contributed by atoms with Crippen molar-refractivity contribution >= 4 is 5.82 Å². The van der Waals surface area contributed by atoms with E-state index in [0.717, 1.165) is 0 Å². The Morgan fingerprint density at radius 1 is 1.65 bits per heavy atom. The molecule has 0 saturated carbocycles. The van der Waals surface area contributed by atoms with Crippen molar-refractivity contribution in [2.45, 2.75) is 24.9 Å². The van der Waals surface area contributed by atoms with Crippen LogP contribution in [0.1, 0.15) is 12.6 Å². The zero-order valence-electron chi connectivity index (χ0n) is 8.80. The van der Waals surface area contributed by atoms with Crippen LogP contribution >= 0.6 is 0 Å². The van der Waals surface area contributed by atoms with E-state index < -0.39 is 24.1 Å². The molecule has 4 N–H and O–H groups in total. The first-order valence-corrected chi connectivity index (χ1v) is 4.91. The Morgan fingerprint density at radius 2 is 2.35 bits per heavy atom. The van der Waals surface area contributed by atoms with Crippen molar-refractivity contribution < 1.29 is 36.0 Å². The Balaban J connectivity index is 0.00000144. The molecule has 0 amide bonds. The molecule has 1 saturated heterocycles. The average Bonchev–Trinajstić information content (AvgIpc) is 2.59. The van der Waals surface area contributed by atoms with Gasteiger partial charge in [-0.15, -0.1) is 0 Å². The molecule has 17 heavy (non-hydrogen) atoms. The number of aliphatic hydroxyl groups excluding tert-OH is 2. The second kappa shape index (κ2) is 5.73. The average molecular weight is 422 g/mol. The van der Waals surface area contributed by atoms with Crippen LogP contribution in [0.3, 0.4) is 0 Å². The van der Waals surface area contributed by atoms with Gasteiger partial charge in [-0.25, -0.2) is 4.79 Å². The fourth-order valence-electron chi connectivity index (χ4n) is 1.70. The number of hydrogen-bond acceptors (Lipinski definition) is 6. The van der Waals surface area contributed by atoms with Gasteiger partial charge in [0.05, 0.1) is 12.7 Å². The van der Waals surface area contributed by atoms with E-state index in [9.17, 15) is 9.90 Å². The van der Waals surface area contributed by atoms with Gasteiger partial charge < -0.3 is 20.7 Å². The summed E-state index contributed by atoms with van der Waals surface area (Å²) in [5.41, 5.74) is 4.82. The van der Waals surface area contributed by atoms with E-state index >= 15 is 0 Å². The van der Waals surface area contributed by atoms with Gasteiger partial charge in [0.25, 0.3) is 0 Å². The number of rotatable bonds is 2. The molecule has 0 unspecified atom stereocenters. The summed E-state index contributed by atoms with van der Waals surface area (Å²) in [6.07, 6.45) is -0.333. The smallest absolute Gasteiger partial charge is 0.351 e. The molecule has 98 valence electrons. The molecule has 1 aliphatic rings. The second-order valence-corrected chi connectivity index (χ2v) is 3.66. The van der Waals surface area contributed by atoms with Crippen LogP contribution in [0.2, 0.25) is 0 Å². The fourth-order valence-corrected chi connectivity index (χ4v) is 1.70. The third kappa shape index (κ3) is 2.93. The van der Waals surface area contributed by atoms with Gasteiger partial charge in [0.2, 0.25) is 0 Å². The monoisotopic (exact) mass is 422 g/mol.